The first-order chi connectivity index (χ1) is 5.24. The van der Waals surface area contributed by atoms with Crippen LogP contribution in [0.3, 0.4) is 0 Å². The third-order valence-electron chi connectivity index (χ3n) is 1.26. The van der Waals surface area contributed by atoms with E-state index < -0.39 is 0 Å². The second-order valence-corrected chi connectivity index (χ2v) is 3.14. The molecule has 0 saturated carbocycles. The normalized spacial score (nSPS) is 9.55. The molecule has 1 N–H and O–H groups in total. The Morgan fingerprint density at radius 2 is 2.27 bits per heavy atom. The highest BCUT2D eigenvalue weighted by Gasteiger charge is 1.96. The average molecular weight is 187 g/mol. The van der Waals surface area contributed by atoms with Crippen molar-refractivity contribution >= 4 is 27.4 Å². The van der Waals surface area contributed by atoms with Crippen molar-refractivity contribution in [3.63, 3.8) is 0 Å². The molecule has 0 aromatic heterocycles. The summed E-state index contributed by atoms with van der Waals surface area (Å²) in [5, 5.41) is 9.00. The number of hydrogen-bond acceptors (Lipinski definition) is 2. The largest absolute Gasteiger partial charge is 0.508 e. The van der Waals surface area contributed by atoms with Crippen molar-refractivity contribution in [2.24, 2.45) is 0 Å². The van der Waals surface area contributed by atoms with Crippen LogP contribution in [0.15, 0.2) is 35.7 Å². The summed E-state index contributed by atoms with van der Waals surface area (Å²) in [5.41, 5.74) is 0.704. The van der Waals surface area contributed by atoms with Gasteiger partial charge in [-0.25, -0.2) is 0 Å². The number of aliphatic hydroxyl groups is 1. The number of benzene rings is 1. The van der Waals surface area contributed by atoms with Crippen molar-refractivity contribution in [3.05, 3.63) is 36.4 Å². The van der Waals surface area contributed by atoms with Crippen LogP contribution in [0.25, 0.3) is 5.76 Å². The predicted molar refractivity (Wildman–Crippen MR) is 49.8 cm³/mol. The fraction of sp³-hybridized carbons (Fsp3) is 0. The third kappa shape index (κ3) is 2.17. The summed E-state index contributed by atoms with van der Waals surface area (Å²) in [6.07, 6.45) is 0. The summed E-state index contributed by atoms with van der Waals surface area (Å²) < 4.78 is 0. The number of rotatable bonds is 2. The number of aliphatic hydroxyl groups excluding tert-OH is 1. The fourth-order valence-corrected chi connectivity index (χ4v) is 1.31. The van der Waals surface area contributed by atoms with Gasteiger partial charge in [0.1, 0.15) is 5.76 Å². The molecular weight excluding hydrogens is 180 g/mol. The van der Waals surface area contributed by atoms with Crippen LogP contribution in [0.5, 0.6) is 0 Å². The SMILES string of the molecule is C=C(O)c1cccc(SCl)c1. The Kier molecular flexibility index (Phi) is 2.85. The topological polar surface area (TPSA) is 20.2 Å². The first kappa shape index (κ1) is 8.50. The second-order valence-electron chi connectivity index (χ2n) is 2.05. The molecule has 0 fully saturated rings. The Morgan fingerprint density at radius 3 is 2.82 bits per heavy atom. The predicted octanol–water partition coefficient (Wildman–Crippen LogP) is 3.46. The van der Waals surface area contributed by atoms with Gasteiger partial charge >= 0.3 is 0 Å². The maximum atomic E-state index is 9.00. The van der Waals surface area contributed by atoms with E-state index in [4.69, 9.17) is 15.8 Å². The van der Waals surface area contributed by atoms with Gasteiger partial charge in [-0.1, -0.05) is 18.7 Å². The third-order valence-corrected chi connectivity index (χ3v) is 2.22. The molecule has 58 valence electrons. The first-order valence-electron chi connectivity index (χ1n) is 3.01. The summed E-state index contributed by atoms with van der Waals surface area (Å²) in [6, 6.07) is 7.24. The number of hydrogen-bond donors (Lipinski definition) is 1. The van der Waals surface area contributed by atoms with Crippen molar-refractivity contribution in [2.45, 2.75) is 4.90 Å². The maximum absolute atomic E-state index is 9.00. The van der Waals surface area contributed by atoms with E-state index in [1.807, 2.05) is 12.1 Å². The molecule has 0 atom stereocenters. The molecule has 0 aliphatic heterocycles. The van der Waals surface area contributed by atoms with Gasteiger partial charge in [-0.15, -0.1) is 0 Å². The standard InChI is InChI=1S/C8H7ClOS/c1-6(10)7-3-2-4-8(5-7)11-9/h2-5,10H,1H2. The van der Waals surface area contributed by atoms with Crippen LogP contribution in [0.1, 0.15) is 5.56 Å². The Morgan fingerprint density at radius 1 is 1.55 bits per heavy atom. The van der Waals surface area contributed by atoms with Crippen LogP contribution in [0, 0.1) is 0 Å². The highest BCUT2D eigenvalue weighted by atomic mass is 35.7. The van der Waals surface area contributed by atoms with E-state index in [9.17, 15) is 0 Å². The molecule has 1 nitrogen and oxygen atoms in total. The van der Waals surface area contributed by atoms with Gasteiger partial charge in [-0.2, -0.15) is 0 Å². The Bertz CT molecular complexity index is 273. The quantitative estimate of drug-likeness (QED) is 0.714. The van der Waals surface area contributed by atoms with Crippen molar-refractivity contribution in [2.75, 3.05) is 0 Å². The van der Waals surface area contributed by atoms with E-state index in [1.165, 1.54) is 0 Å². The van der Waals surface area contributed by atoms with E-state index in [-0.39, 0.29) is 5.76 Å². The molecular formula is C8H7ClOS. The zero-order chi connectivity index (χ0) is 8.27. The minimum absolute atomic E-state index is 0.0672. The van der Waals surface area contributed by atoms with E-state index in [0.29, 0.717) is 5.56 Å². The highest BCUT2D eigenvalue weighted by Crippen LogP contribution is 2.23. The summed E-state index contributed by atoms with van der Waals surface area (Å²) in [7, 11) is 6.63. The Labute approximate surface area is 74.2 Å². The van der Waals surface area contributed by atoms with E-state index in [0.717, 1.165) is 15.9 Å². The molecule has 0 heterocycles. The molecule has 0 bridgehead atoms. The molecule has 11 heavy (non-hydrogen) atoms. The molecule has 0 radical (unpaired) electrons. The van der Waals surface area contributed by atoms with Gasteiger partial charge in [0.2, 0.25) is 0 Å². The number of halogens is 1. The zero-order valence-corrected chi connectivity index (χ0v) is 7.32. The molecule has 0 aliphatic carbocycles. The Hall–Kier alpha value is -0.600. The fourth-order valence-electron chi connectivity index (χ4n) is 0.724. The molecule has 0 spiro atoms. The second kappa shape index (κ2) is 3.69. The molecule has 0 saturated heterocycles. The van der Waals surface area contributed by atoms with Crippen LogP contribution in [0.2, 0.25) is 0 Å². The molecule has 0 amide bonds. The van der Waals surface area contributed by atoms with Crippen molar-refractivity contribution in [3.8, 4) is 0 Å². The molecule has 1 aromatic rings. The first-order valence-corrected chi connectivity index (χ1v) is 4.65. The van der Waals surface area contributed by atoms with Crippen LogP contribution in [-0.2, 0) is 0 Å². The van der Waals surface area contributed by atoms with E-state index >= 15 is 0 Å². The lowest BCUT2D eigenvalue weighted by Gasteiger charge is -1.98. The molecule has 1 aromatic carbocycles. The zero-order valence-electron chi connectivity index (χ0n) is 5.75. The van der Waals surface area contributed by atoms with Crippen molar-refractivity contribution in [1.29, 1.82) is 0 Å². The lowest BCUT2D eigenvalue weighted by atomic mass is 10.2. The summed E-state index contributed by atoms with van der Waals surface area (Å²) in [5.74, 6) is 0.0672. The van der Waals surface area contributed by atoms with Crippen LogP contribution in [-0.4, -0.2) is 5.11 Å². The lowest BCUT2D eigenvalue weighted by molar-refractivity contribution is 0.513. The molecule has 1 rings (SSSR count). The summed E-state index contributed by atoms with van der Waals surface area (Å²) in [4.78, 5) is 0.902. The van der Waals surface area contributed by atoms with Gasteiger partial charge in [-0.05, 0) is 33.8 Å². The van der Waals surface area contributed by atoms with Crippen LogP contribution >= 0.6 is 21.7 Å². The smallest absolute Gasteiger partial charge is 0.115 e. The average Bonchev–Trinajstić information content (AvgIpc) is 2.05. The maximum Gasteiger partial charge on any atom is 0.115 e. The minimum atomic E-state index is 0.0672. The molecule has 0 aliphatic rings. The van der Waals surface area contributed by atoms with Crippen molar-refractivity contribution in [1.82, 2.24) is 0 Å². The van der Waals surface area contributed by atoms with Gasteiger partial charge < -0.3 is 5.11 Å². The van der Waals surface area contributed by atoms with Gasteiger partial charge in [-0.3, -0.25) is 0 Å². The van der Waals surface area contributed by atoms with E-state index in [2.05, 4.69) is 6.58 Å². The van der Waals surface area contributed by atoms with Crippen molar-refractivity contribution < 1.29 is 5.11 Å². The van der Waals surface area contributed by atoms with Gasteiger partial charge in [0.25, 0.3) is 0 Å². The Balaban J connectivity index is 3.01. The molecule has 3 heteroatoms. The highest BCUT2D eigenvalue weighted by molar-refractivity contribution is 8.21. The van der Waals surface area contributed by atoms with Crippen LogP contribution < -0.4 is 0 Å². The van der Waals surface area contributed by atoms with Gasteiger partial charge in [0.15, 0.2) is 0 Å². The lowest BCUT2D eigenvalue weighted by Crippen LogP contribution is -1.79. The summed E-state index contributed by atoms with van der Waals surface area (Å²) >= 11 is 0. The van der Waals surface area contributed by atoms with Gasteiger partial charge in [0, 0.05) is 10.5 Å². The van der Waals surface area contributed by atoms with Gasteiger partial charge in [0.05, 0.1) is 0 Å². The summed E-state index contributed by atoms with van der Waals surface area (Å²) in [6.45, 7) is 3.40. The minimum Gasteiger partial charge on any atom is -0.508 e. The monoisotopic (exact) mass is 186 g/mol. The van der Waals surface area contributed by atoms with E-state index in [1.54, 1.807) is 12.1 Å². The van der Waals surface area contributed by atoms with Crippen LogP contribution in [0.4, 0.5) is 0 Å². The molecule has 0 unspecified atom stereocenters.